The molecule has 1 saturated carbocycles. The summed E-state index contributed by atoms with van der Waals surface area (Å²) in [6.07, 6.45) is 5.28. The van der Waals surface area contributed by atoms with Crippen molar-refractivity contribution in [2.45, 2.75) is 38.1 Å². The zero-order valence-corrected chi connectivity index (χ0v) is 9.74. The van der Waals surface area contributed by atoms with Crippen LogP contribution in [0.4, 0.5) is 0 Å². The lowest BCUT2D eigenvalue weighted by Gasteiger charge is -2.25. The molecule has 1 saturated heterocycles. The SMILES string of the molecule is O=C(NC1CCCC1CO)[C@@H]1CCCNC1. The van der Waals surface area contributed by atoms with Gasteiger partial charge in [0.05, 0.1) is 5.92 Å². The molecule has 3 atom stereocenters. The third kappa shape index (κ3) is 2.74. The van der Waals surface area contributed by atoms with Crippen LogP contribution < -0.4 is 10.6 Å². The van der Waals surface area contributed by atoms with E-state index in [2.05, 4.69) is 10.6 Å². The van der Waals surface area contributed by atoms with Gasteiger partial charge in [0, 0.05) is 25.1 Å². The van der Waals surface area contributed by atoms with Gasteiger partial charge in [0.25, 0.3) is 0 Å². The number of aliphatic hydroxyl groups excluding tert-OH is 1. The third-order valence-electron chi connectivity index (χ3n) is 3.89. The van der Waals surface area contributed by atoms with E-state index in [1.165, 1.54) is 0 Å². The Balaban J connectivity index is 1.81. The van der Waals surface area contributed by atoms with Crippen molar-refractivity contribution in [1.82, 2.24) is 10.6 Å². The van der Waals surface area contributed by atoms with Crippen molar-refractivity contribution in [1.29, 1.82) is 0 Å². The highest BCUT2D eigenvalue weighted by Crippen LogP contribution is 2.25. The molecule has 1 aliphatic carbocycles. The smallest absolute Gasteiger partial charge is 0.224 e. The largest absolute Gasteiger partial charge is 0.396 e. The Labute approximate surface area is 96.8 Å². The van der Waals surface area contributed by atoms with Crippen LogP contribution >= 0.6 is 0 Å². The molecule has 0 spiro atoms. The fraction of sp³-hybridized carbons (Fsp3) is 0.917. The second-order valence-electron chi connectivity index (χ2n) is 5.03. The zero-order valence-electron chi connectivity index (χ0n) is 9.74. The summed E-state index contributed by atoms with van der Waals surface area (Å²) in [6.45, 7) is 2.04. The van der Waals surface area contributed by atoms with Gasteiger partial charge in [0.15, 0.2) is 0 Å². The maximum Gasteiger partial charge on any atom is 0.224 e. The van der Waals surface area contributed by atoms with Crippen LogP contribution in [-0.2, 0) is 4.79 Å². The number of amides is 1. The van der Waals surface area contributed by atoms with Gasteiger partial charge in [-0.3, -0.25) is 4.79 Å². The van der Waals surface area contributed by atoms with Crippen molar-refractivity contribution in [3.8, 4) is 0 Å². The number of hydrogen-bond donors (Lipinski definition) is 3. The van der Waals surface area contributed by atoms with Crippen LogP contribution in [-0.4, -0.2) is 36.8 Å². The number of hydrogen-bond acceptors (Lipinski definition) is 3. The van der Waals surface area contributed by atoms with Gasteiger partial charge >= 0.3 is 0 Å². The molecule has 2 fully saturated rings. The summed E-state index contributed by atoms with van der Waals surface area (Å²) < 4.78 is 0. The molecule has 0 bridgehead atoms. The Hall–Kier alpha value is -0.610. The highest BCUT2D eigenvalue weighted by atomic mass is 16.3. The molecule has 92 valence electrons. The van der Waals surface area contributed by atoms with E-state index in [-0.39, 0.29) is 30.4 Å². The summed E-state index contributed by atoms with van der Waals surface area (Å²) in [7, 11) is 0. The maximum absolute atomic E-state index is 12.0. The van der Waals surface area contributed by atoms with E-state index in [1.807, 2.05) is 0 Å². The quantitative estimate of drug-likeness (QED) is 0.647. The molecule has 3 N–H and O–H groups in total. The Morgan fingerprint density at radius 2 is 2.19 bits per heavy atom. The number of piperidine rings is 1. The van der Waals surface area contributed by atoms with E-state index in [9.17, 15) is 9.90 Å². The van der Waals surface area contributed by atoms with Gasteiger partial charge in [0.1, 0.15) is 0 Å². The van der Waals surface area contributed by atoms with E-state index in [0.29, 0.717) is 0 Å². The number of nitrogens with one attached hydrogen (secondary N) is 2. The monoisotopic (exact) mass is 226 g/mol. The summed E-state index contributed by atoms with van der Waals surface area (Å²) in [5, 5.41) is 15.6. The third-order valence-corrected chi connectivity index (χ3v) is 3.89. The molecule has 2 aliphatic rings. The molecule has 0 radical (unpaired) electrons. The van der Waals surface area contributed by atoms with Crippen LogP contribution in [0.3, 0.4) is 0 Å². The number of rotatable bonds is 3. The van der Waals surface area contributed by atoms with Crippen LogP contribution in [0.25, 0.3) is 0 Å². The van der Waals surface area contributed by atoms with Gasteiger partial charge in [-0.2, -0.15) is 0 Å². The molecule has 16 heavy (non-hydrogen) atoms. The van der Waals surface area contributed by atoms with Crippen molar-refractivity contribution in [2.75, 3.05) is 19.7 Å². The lowest BCUT2D eigenvalue weighted by atomic mass is 9.97. The fourth-order valence-electron chi connectivity index (χ4n) is 2.82. The van der Waals surface area contributed by atoms with E-state index in [4.69, 9.17) is 0 Å². The van der Waals surface area contributed by atoms with Gasteiger partial charge < -0.3 is 15.7 Å². The van der Waals surface area contributed by atoms with E-state index in [0.717, 1.165) is 45.2 Å². The zero-order chi connectivity index (χ0) is 11.4. The summed E-state index contributed by atoms with van der Waals surface area (Å²) in [4.78, 5) is 12.0. The highest BCUT2D eigenvalue weighted by molar-refractivity contribution is 5.79. The Morgan fingerprint density at radius 1 is 1.31 bits per heavy atom. The molecule has 4 heteroatoms. The van der Waals surface area contributed by atoms with Crippen molar-refractivity contribution in [2.24, 2.45) is 11.8 Å². The van der Waals surface area contributed by atoms with Gasteiger partial charge in [-0.15, -0.1) is 0 Å². The van der Waals surface area contributed by atoms with E-state index < -0.39 is 0 Å². The Bertz CT molecular complexity index is 239. The van der Waals surface area contributed by atoms with Crippen LogP contribution in [0, 0.1) is 11.8 Å². The minimum Gasteiger partial charge on any atom is -0.396 e. The first-order valence-electron chi connectivity index (χ1n) is 6.43. The molecular formula is C12H22N2O2. The summed E-state index contributed by atoms with van der Waals surface area (Å²) in [5.41, 5.74) is 0. The predicted molar refractivity (Wildman–Crippen MR) is 62.0 cm³/mol. The lowest BCUT2D eigenvalue weighted by Crippen LogP contribution is -2.46. The first-order chi connectivity index (χ1) is 7.81. The molecule has 2 rings (SSSR count). The molecular weight excluding hydrogens is 204 g/mol. The summed E-state index contributed by atoms with van der Waals surface area (Å²) in [5.74, 6) is 0.590. The molecule has 2 unspecified atom stereocenters. The summed E-state index contributed by atoms with van der Waals surface area (Å²) in [6, 6.07) is 0.208. The lowest BCUT2D eigenvalue weighted by molar-refractivity contribution is -0.126. The summed E-state index contributed by atoms with van der Waals surface area (Å²) >= 11 is 0. The standard InChI is InChI=1S/C12H22N2O2/c15-8-10-3-1-5-11(10)14-12(16)9-4-2-6-13-7-9/h9-11,13,15H,1-8H2,(H,14,16)/t9-,10?,11?/m1/s1. The van der Waals surface area contributed by atoms with Crippen molar-refractivity contribution >= 4 is 5.91 Å². The van der Waals surface area contributed by atoms with Crippen molar-refractivity contribution in [3.63, 3.8) is 0 Å². The second-order valence-corrected chi connectivity index (χ2v) is 5.03. The van der Waals surface area contributed by atoms with Gasteiger partial charge in [-0.1, -0.05) is 6.42 Å². The molecule has 4 nitrogen and oxygen atoms in total. The fourth-order valence-corrected chi connectivity index (χ4v) is 2.82. The highest BCUT2D eigenvalue weighted by Gasteiger charge is 2.30. The first-order valence-corrected chi connectivity index (χ1v) is 6.43. The molecule has 1 amide bonds. The second kappa shape index (κ2) is 5.64. The van der Waals surface area contributed by atoms with Crippen molar-refractivity contribution < 1.29 is 9.90 Å². The average Bonchev–Trinajstić information content (AvgIpc) is 2.77. The van der Waals surface area contributed by atoms with Gasteiger partial charge in [-0.25, -0.2) is 0 Å². The van der Waals surface area contributed by atoms with E-state index in [1.54, 1.807) is 0 Å². The van der Waals surface area contributed by atoms with Gasteiger partial charge in [-0.05, 0) is 32.2 Å². The van der Waals surface area contributed by atoms with Crippen LogP contribution in [0.2, 0.25) is 0 Å². The van der Waals surface area contributed by atoms with Crippen LogP contribution in [0.15, 0.2) is 0 Å². The molecule has 0 aromatic heterocycles. The Kier molecular flexibility index (Phi) is 4.18. The average molecular weight is 226 g/mol. The van der Waals surface area contributed by atoms with Gasteiger partial charge in [0.2, 0.25) is 5.91 Å². The minimum absolute atomic E-state index is 0.133. The van der Waals surface area contributed by atoms with Crippen molar-refractivity contribution in [3.05, 3.63) is 0 Å². The normalized spacial score (nSPS) is 34.9. The number of carbonyl (C=O) groups excluding carboxylic acids is 1. The molecule has 0 aromatic rings. The van der Waals surface area contributed by atoms with Crippen LogP contribution in [0.5, 0.6) is 0 Å². The molecule has 1 heterocycles. The topological polar surface area (TPSA) is 61.4 Å². The number of aliphatic hydroxyl groups is 1. The minimum atomic E-state index is 0.133. The van der Waals surface area contributed by atoms with Crippen LogP contribution in [0.1, 0.15) is 32.1 Å². The Morgan fingerprint density at radius 3 is 2.88 bits per heavy atom. The maximum atomic E-state index is 12.0. The molecule has 0 aromatic carbocycles. The first kappa shape index (κ1) is 11.9. The molecule has 1 aliphatic heterocycles. The predicted octanol–water partition coefficient (Wildman–Crippen LogP) is 0.263. The number of carbonyl (C=O) groups is 1. The van der Waals surface area contributed by atoms with E-state index >= 15 is 0 Å².